The molecule has 124 valence electrons. The number of thiazole rings is 1. The van der Waals surface area contributed by atoms with Gasteiger partial charge >= 0.3 is 0 Å². The van der Waals surface area contributed by atoms with E-state index in [1.807, 2.05) is 36.3 Å². The van der Waals surface area contributed by atoms with E-state index in [0.29, 0.717) is 25.9 Å². The van der Waals surface area contributed by atoms with Crippen molar-refractivity contribution < 1.29 is 9.90 Å². The van der Waals surface area contributed by atoms with Crippen LogP contribution in [0.15, 0.2) is 5.51 Å². The van der Waals surface area contributed by atoms with Crippen LogP contribution in [0.25, 0.3) is 0 Å². The summed E-state index contributed by atoms with van der Waals surface area (Å²) in [5.74, 6) is 0.196. The Bertz CT molecular complexity index is 503. The number of hydrogen-bond donors (Lipinski definition) is 1. The molecule has 1 atom stereocenters. The molecule has 1 saturated heterocycles. The smallest absolute Gasteiger partial charge is 0.222 e. The van der Waals surface area contributed by atoms with Gasteiger partial charge in [0.05, 0.1) is 16.8 Å². The number of hydrogen-bond acceptors (Lipinski definition) is 5. The summed E-state index contributed by atoms with van der Waals surface area (Å²) in [6.07, 6.45) is 3.61. The van der Waals surface area contributed by atoms with E-state index >= 15 is 0 Å². The Morgan fingerprint density at radius 2 is 2.23 bits per heavy atom. The molecule has 22 heavy (non-hydrogen) atoms. The first kappa shape index (κ1) is 17.4. The molecule has 1 aromatic rings. The van der Waals surface area contributed by atoms with Gasteiger partial charge < -0.3 is 14.9 Å². The second-order valence-electron chi connectivity index (χ2n) is 6.56. The molecule has 6 heteroatoms. The van der Waals surface area contributed by atoms with E-state index in [0.717, 1.165) is 31.5 Å². The lowest BCUT2D eigenvalue weighted by molar-refractivity contribution is -0.131. The Labute approximate surface area is 137 Å². The van der Waals surface area contributed by atoms with E-state index in [-0.39, 0.29) is 5.91 Å². The van der Waals surface area contributed by atoms with Gasteiger partial charge in [0.1, 0.15) is 0 Å². The highest BCUT2D eigenvalue weighted by atomic mass is 32.1. The average Bonchev–Trinajstić information content (AvgIpc) is 2.74. The first-order valence-corrected chi connectivity index (χ1v) is 8.81. The minimum absolute atomic E-state index is 0.196. The van der Waals surface area contributed by atoms with Gasteiger partial charge in [-0.1, -0.05) is 0 Å². The van der Waals surface area contributed by atoms with Crippen molar-refractivity contribution in [3.63, 3.8) is 0 Å². The molecule has 1 amide bonds. The Morgan fingerprint density at radius 1 is 1.45 bits per heavy atom. The van der Waals surface area contributed by atoms with Crippen molar-refractivity contribution >= 4 is 17.2 Å². The standard InChI is InChI=1S/C16H27N3O2S/c1-13-14(22-12-17-13)5-6-15(20)19-9-4-7-16(21,8-10-19)11-18(2)3/h12,21H,4-11H2,1-3H3/t16-/m0/s1. The Hall–Kier alpha value is -0.980. The van der Waals surface area contributed by atoms with E-state index in [2.05, 4.69) is 4.98 Å². The zero-order valence-corrected chi connectivity index (χ0v) is 14.7. The van der Waals surface area contributed by atoms with E-state index in [1.54, 1.807) is 11.3 Å². The number of carbonyl (C=O) groups is 1. The molecule has 0 bridgehead atoms. The molecule has 1 N–H and O–H groups in total. The maximum atomic E-state index is 12.4. The van der Waals surface area contributed by atoms with Gasteiger partial charge in [-0.05, 0) is 46.7 Å². The highest BCUT2D eigenvalue weighted by Gasteiger charge is 2.31. The predicted molar refractivity (Wildman–Crippen MR) is 89.1 cm³/mol. The Morgan fingerprint density at radius 3 is 2.86 bits per heavy atom. The summed E-state index contributed by atoms with van der Waals surface area (Å²) in [4.78, 5) is 21.8. The summed E-state index contributed by atoms with van der Waals surface area (Å²) in [6.45, 7) is 4.07. The van der Waals surface area contributed by atoms with Gasteiger partial charge in [-0.25, -0.2) is 4.98 Å². The number of carbonyl (C=O) groups excluding carboxylic acids is 1. The number of aliphatic hydroxyl groups is 1. The van der Waals surface area contributed by atoms with Crippen molar-refractivity contribution in [3.05, 3.63) is 16.1 Å². The highest BCUT2D eigenvalue weighted by molar-refractivity contribution is 7.09. The number of nitrogens with zero attached hydrogens (tertiary/aromatic N) is 3. The van der Waals surface area contributed by atoms with E-state index < -0.39 is 5.60 Å². The number of likely N-dealkylation sites (N-methyl/N-ethyl adjacent to an activating group) is 1. The lowest BCUT2D eigenvalue weighted by Crippen LogP contribution is -2.41. The van der Waals surface area contributed by atoms with Crippen LogP contribution in [-0.4, -0.2) is 65.1 Å². The van der Waals surface area contributed by atoms with E-state index in [9.17, 15) is 9.90 Å². The first-order valence-electron chi connectivity index (χ1n) is 7.93. The number of amides is 1. The summed E-state index contributed by atoms with van der Waals surface area (Å²) in [7, 11) is 3.95. The summed E-state index contributed by atoms with van der Waals surface area (Å²) in [6, 6.07) is 0. The van der Waals surface area contributed by atoms with Gasteiger partial charge in [0.25, 0.3) is 0 Å². The Balaban J connectivity index is 1.85. The van der Waals surface area contributed by atoms with Crippen LogP contribution in [0.3, 0.4) is 0 Å². The molecule has 1 aromatic heterocycles. The second kappa shape index (κ2) is 7.53. The van der Waals surface area contributed by atoms with Crippen molar-refractivity contribution in [1.29, 1.82) is 0 Å². The minimum Gasteiger partial charge on any atom is -0.388 e. The molecule has 0 aromatic carbocycles. The van der Waals surface area contributed by atoms with Crippen LogP contribution < -0.4 is 0 Å². The molecule has 2 rings (SSSR count). The average molecular weight is 325 g/mol. The third-order valence-electron chi connectivity index (χ3n) is 4.29. The number of aromatic nitrogens is 1. The van der Waals surface area contributed by atoms with Crippen LogP contribution in [0, 0.1) is 6.92 Å². The van der Waals surface area contributed by atoms with Crippen LogP contribution in [0.2, 0.25) is 0 Å². The van der Waals surface area contributed by atoms with Crippen molar-refractivity contribution in [3.8, 4) is 0 Å². The SMILES string of the molecule is Cc1ncsc1CCC(=O)N1CCC[C@@](O)(CN(C)C)CC1. The van der Waals surface area contributed by atoms with Crippen LogP contribution in [0.5, 0.6) is 0 Å². The molecular formula is C16H27N3O2S. The first-order chi connectivity index (χ1) is 10.4. The van der Waals surface area contributed by atoms with Crippen molar-refractivity contribution in [1.82, 2.24) is 14.8 Å². The molecule has 2 heterocycles. The summed E-state index contributed by atoms with van der Waals surface area (Å²) >= 11 is 1.62. The number of likely N-dealkylation sites (tertiary alicyclic amines) is 1. The maximum Gasteiger partial charge on any atom is 0.222 e. The zero-order valence-electron chi connectivity index (χ0n) is 13.8. The number of aryl methyl sites for hydroxylation is 2. The molecule has 0 radical (unpaired) electrons. The second-order valence-corrected chi connectivity index (χ2v) is 7.50. The van der Waals surface area contributed by atoms with Crippen LogP contribution in [0.4, 0.5) is 0 Å². The zero-order chi connectivity index (χ0) is 16.2. The summed E-state index contributed by atoms with van der Waals surface area (Å²) in [5.41, 5.74) is 2.21. The molecule has 0 saturated carbocycles. The van der Waals surface area contributed by atoms with Gasteiger partial charge in [-0.15, -0.1) is 11.3 Å². The summed E-state index contributed by atoms with van der Waals surface area (Å²) in [5, 5.41) is 10.7. The van der Waals surface area contributed by atoms with Crippen molar-refractivity contribution in [2.45, 2.75) is 44.6 Å². The molecule has 5 nitrogen and oxygen atoms in total. The molecule has 1 fully saturated rings. The lowest BCUT2D eigenvalue weighted by atomic mass is 9.94. The molecule has 1 aliphatic heterocycles. The highest BCUT2D eigenvalue weighted by Crippen LogP contribution is 2.24. The van der Waals surface area contributed by atoms with E-state index in [1.165, 1.54) is 4.88 Å². The third-order valence-corrected chi connectivity index (χ3v) is 5.29. The van der Waals surface area contributed by atoms with Crippen LogP contribution in [0.1, 0.15) is 36.3 Å². The predicted octanol–water partition coefficient (Wildman–Crippen LogP) is 1.69. The van der Waals surface area contributed by atoms with Gasteiger partial charge in [-0.3, -0.25) is 4.79 Å². The molecule has 0 spiro atoms. The van der Waals surface area contributed by atoms with Crippen molar-refractivity contribution in [2.24, 2.45) is 0 Å². The van der Waals surface area contributed by atoms with E-state index in [4.69, 9.17) is 0 Å². The fourth-order valence-electron chi connectivity index (χ4n) is 3.12. The third kappa shape index (κ3) is 4.76. The monoisotopic (exact) mass is 325 g/mol. The van der Waals surface area contributed by atoms with Crippen molar-refractivity contribution in [2.75, 3.05) is 33.7 Å². The minimum atomic E-state index is -0.660. The summed E-state index contributed by atoms with van der Waals surface area (Å²) < 4.78 is 0. The topological polar surface area (TPSA) is 56.7 Å². The molecule has 0 aliphatic carbocycles. The van der Waals surface area contributed by atoms with Gasteiger partial charge in [0, 0.05) is 30.9 Å². The normalized spacial score (nSPS) is 22.9. The van der Waals surface area contributed by atoms with Gasteiger partial charge in [0.15, 0.2) is 0 Å². The molecular weight excluding hydrogens is 298 g/mol. The fourth-order valence-corrected chi connectivity index (χ4v) is 3.90. The fraction of sp³-hybridized carbons (Fsp3) is 0.750. The van der Waals surface area contributed by atoms with Gasteiger partial charge in [-0.2, -0.15) is 0 Å². The lowest BCUT2D eigenvalue weighted by Gasteiger charge is -2.30. The quantitative estimate of drug-likeness (QED) is 0.895. The van der Waals surface area contributed by atoms with Crippen LogP contribution >= 0.6 is 11.3 Å². The maximum absolute atomic E-state index is 12.4. The molecule has 1 aliphatic rings. The Kier molecular flexibility index (Phi) is 5.94. The largest absolute Gasteiger partial charge is 0.388 e. The molecule has 0 unspecified atom stereocenters. The van der Waals surface area contributed by atoms with Gasteiger partial charge in [0.2, 0.25) is 5.91 Å². The van der Waals surface area contributed by atoms with Crippen LogP contribution in [-0.2, 0) is 11.2 Å². The number of rotatable bonds is 5.